The van der Waals surface area contributed by atoms with Gasteiger partial charge in [0.05, 0.1) is 12.7 Å². The number of benzene rings is 1. The van der Waals surface area contributed by atoms with Gasteiger partial charge >= 0.3 is 5.97 Å². The summed E-state index contributed by atoms with van der Waals surface area (Å²) < 4.78 is 5.01. The van der Waals surface area contributed by atoms with Gasteiger partial charge in [-0.15, -0.1) is 0 Å². The fourth-order valence-corrected chi connectivity index (χ4v) is 1.61. The number of aromatic amines is 1. The highest BCUT2D eigenvalue weighted by atomic mass is 16.5. The van der Waals surface area contributed by atoms with E-state index in [2.05, 4.69) is 4.98 Å². The second kappa shape index (κ2) is 3.69. The SMILES string of the molecule is COc1ccc2[nH]c(C(=O)O)c(C=O)c2c1. The molecule has 2 aromatic rings. The molecule has 0 atom stereocenters. The van der Waals surface area contributed by atoms with E-state index in [0.717, 1.165) is 0 Å². The fourth-order valence-electron chi connectivity index (χ4n) is 1.61. The molecule has 0 saturated heterocycles. The third kappa shape index (κ3) is 1.42. The van der Waals surface area contributed by atoms with Gasteiger partial charge in [0.15, 0.2) is 6.29 Å². The number of carboxylic acids is 1. The zero-order valence-electron chi connectivity index (χ0n) is 8.48. The first-order valence-electron chi connectivity index (χ1n) is 4.55. The number of carbonyl (C=O) groups is 2. The van der Waals surface area contributed by atoms with Crippen molar-refractivity contribution in [1.29, 1.82) is 0 Å². The van der Waals surface area contributed by atoms with Crippen LogP contribution in [0.15, 0.2) is 18.2 Å². The lowest BCUT2D eigenvalue weighted by Gasteiger charge is -1.98. The summed E-state index contributed by atoms with van der Waals surface area (Å²) in [6.07, 6.45) is 0.529. The Morgan fingerprint density at radius 1 is 1.50 bits per heavy atom. The van der Waals surface area contributed by atoms with E-state index in [4.69, 9.17) is 9.84 Å². The Morgan fingerprint density at radius 2 is 2.25 bits per heavy atom. The van der Waals surface area contributed by atoms with Gasteiger partial charge in [-0.05, 0) is 18.2 Å². The van der Waals surface area contributed by atoms with Gasteiger partial charge in [-0.3, -0.25) is 4.79 Å². The summed E-state index contributed by atoms with van der Waals surface area (Å²) in [5, 5.41) is 9.45. The summed E-state index contributed by atoms with van der Waals surface area (Å²) in [5.74, 6) is -0.580. The first-order chi connectivity index (χ1) is 7.67. The average molecular weight is 219 g/mol. The monoisotopic (exact) mass is 219 g/mol. The molecule has 0 unspecified atom stereocenters. The molecule has 5 heteroatoms. The van der Waals surface area contributed by atoms with E-state index >= 15 is 0 Å². The van der Waals surface area contributed by atoms with Gasteiger partial charge < -0.3 is 14.8 Å². The van der Waals surface area contributed by atoms with Crippen molar-refractivity contribution < 1.29 is 19.4 Å². The zero-order valence-corrected chi connectivity index (χ0v) is 8.48. The normalized spacial score (nSPS) is 10.3. The largest absolute Gasteiger partial charge is 0.497 e. The lowest BCUT2D eigenvalue weighted by atomic mass is 10.1. The number of carbonyl (C=O) groups excluding carboxylic acids is 1. The van der Waals surface area contributed by atoms with Gasteiger partial charge in [-0.25, -0.2) is 4.79 Å². The highest BCUT2D eigenvalue weighted by Gasteiger charge is 2.16. The fraction of sp³-hybridized carbons (Fsp3) is 0.0909. The minimum atomic E-state index is -1.16. The molecular weight excluding hydrogens is 210 g/mol. The van der Waals surface area contributed by atoms with Gasteiger partial charge in [0, 0.05) is 10.9 Å². The maximum atomic E-state index is 10.9. The second-order valence-corrected chi connectivity index (χ2v) is 3.25. The van der Waals surface area contributed by atoms with Crippen LogP contribution in [-0.2, 0) is 0 Å². The lowest BCUT2D eigenvalue weighted by Crippen LogP contribution is -2.00. The molecule has 1 aromatic heterocycles. The van der Waals surface area contributed by atoms with Crippen LogP contribution < -0.4 is 4.74 Å². The van der Waals surface area contributed by atoms with E-state index in [1.54, 1.807) is 18.2 Å². The topological polar surface area (TPSA) is 79.4 Å². The molecule has 5 nitrogen and oxygen atoms in total. The molecule has 16 heavy (non-hydrogen) atoms. The van der Waals surface area contributed by atoms with Crippen LogP contribution >= 0.6 is 0 Å². The quantitative estimate of drug-likeness (QED) is 0.770. The summed E-state index contributed by atoms with van der Waals surface area (Å²) in [6.45, 7) is 0. The van der Waals surface area contributed by atoms with E-state index < -0.39 is 5.97 Å². The summed E-state index contributed by atoms with van der Waals surface area (Å²) >= 11 is 0. The molecule has 0 saturated carbocycles. The smallest absolute Gasteiger partial charge is 0.353 e. The Bertz CT molecular complexity index is 571. The minimum Gasteiger partial charge on any atom is -0.497 e. The number of rotatable bonds is 3. The van der Waals surface area contributed by atoms with E-state index in [0.29, 0.717) is 22.9 Å². The molecule has 2 N–H and O–H groups in total. The molecule has 0 aliphatic heterocycles. The number of methoxy groups -OCH3 is 1. The van der Waals surface area contributed by atoms with E-state index in [1.165, 1.54) is 7.11 Å². The van der Waals surface area contributed by atoms with Crippen molar-refractivity contribution in [3.05, 3.63) is 29.5 Å². The van der Waals surface area contributed by atoms with Crippen molar-refractivity contribution in [3.8, 4) is 5.75 Å². The zero-order chi connectivity index (χ0) is 11.7. The van der Waals surface area contributed by atoms with Crippen molar-refractivity contribution in [2.45, 2.75) is 0 Å². The van der Waals surface area contributed by atoms with Gasteiger partial charge in [-0.2, -0.15) is 0 Å². The van der Waals surface area contributed by atoms with Crippen LogP contribution in [0.5, 0.6) is 5.75 Å². The van der Waals surface area contributed by atoms with Crippen LogP contribution in [0.2, 0.25) is 0 Å². The van der Waals surface area contributed by atoms with Gasteiger partial charge in [0.25, 0.3) is 0 Å². The Morgan fingerprint density at radius 3 is 2.81 bits per heavy atom. The number of H-pyrrole nitrogens is 1. The molecule has 82 valence electrons. The van der Waals surface area contributed by atoms with E-state index in [9.17, 15) is 9.59 Å². The molecule has 0 spiro atoms. The maximum absolute atomic E-state index is 10.9. The predicted octanol–water partition coefficient (Wildman–Crippen LogP) is 1.69. The molecule has 0 amide bonds. The average Bonchev–Trinajstić information content (AvgIpc) is 2.66. The van der Waals surface area contributed by atoms with Gasteiger partial charge in [0.2, 0.25) is 0 Å². The number of ether oxygens (including phenoxy) is 1. The first kappa shape index (κ1) is 10.2. The van der Waals surface area contributed by atoms with Crippen molar-refractivity contribution in [2.75, 3.05) is 7.11 Å². The molecule has 0 fully saturated rings. The number of hydrogen-bond acceptors (Lipinski definition) is 3. The summed E-state index contributed by atoms with van der Waals surface area (Å²) in [4.78, 5) is 24.4. The van der Waals surface area contributed by atoms with Crippen molar-refractivity contribution >= 4 is 23.2 Å². The maximum Gasteiger partial charge on any atom is 0.353 e. The lowest BCUT2D eigenvalue weighted by molar-refractivity contribution is 0.0688. The van der Waals surface area contributed by atoms with E-state index in [-0.39, 0.29) is 11.3 Å². The van der Waals surface area contributed by atoms with Gasteiger partial charge in [0.1, 0.15) is 11.4 Å². The standard InChI is InChI=1S/C11H9NO4/c1-16-6-2-3-9-7(4-6)8(5-13)10(12-9)11(14)15/h2-5,12H,1H3,(H,14,15). The number of hydrogen-bond donors (Lipinski definition) is 2. The minimum absolute atomic E-state index is 0.0988. The predicted molar refractivity (Wildman–Crippen MR) is 57.2 cm³/mol. The highest BCUT2D eigenvalue weighted by Crippen LogP contribution is 2.25. The molecule has 1 heterocycles. The Labute approximate surface area is 90.6 Å². The van der Waals surface area contributed by atoms with Crippen molar-refractivity contribution in [2.24, 2.45) is 0 Å². The molecule has 1 aromatic carbocycles. The number of fused-ring (bicyclic) bond motifs is 1. The van der Waals surface area contributed by atoms with Crippen molar-refractivity contribution in [1.82, 2.24) is 4.98 Å². The Hall–Kier alpha value is -2.30. The van der Waals surface area contributed by atoms with Crippen LogP contribution in [0, 0.1) is 0 Å². The van der Waals surface area contributed by atoms with Crippen LogP contribution in [0.3, 0.4) is 0 Å². The van der Waals surface area contributed by atoms with Crippen LogP contribution in [0.1, 0.15) is 20.8 Å². The third-order valence-corrected chi connectivity index (χ3v) is 2.38. The molecule has 0 aliphatic carbocycles. The Balaban J connectivity index is 2.78. The Kier molecular flexibility index (Phi) is 2.36. The molecule has 2 rings (SSSR count). The summed E-state index contributed by atoms with van der Waals surface area (Å²) in [7, 11) is 1.51. The van der Waals surface area contributed by atoms with Gasteiger partial charge in [-0.1, -0.05) is 0 Å². The molecule has 0 aliphatic rings. The molecule has 0 bridgehead atoms. The number of aldehydes is 1. The summed E-state index contributed by atoms with van der Waals surface area (Å²) in [5.41, 5.74) is 0.639. The second-order valence-electron chi connectivity index (χ2n) is 3.25. The number of carboxylic acid groups (broad SMARTS) is 1. The number of nitrogens with one attached hydrogen (secondary N) is 1. The molecular formula is C11H9NO4. The van der Waals surface area contributed by atoms with E-state index in [1.807, 2.05) is 0 Å². The van der Waals surface area contributed by atoms with Crippen LogP contribution in [-0.4, -0.2) is 29.5 Å². The summed E-state index contributed by atoms with van der Waals surface area (Å²) in [6, 6.07) is 4.99. The highest BCUT2D eigenvalue weighted by molar-refractivity contribution is 6.07. The number of aromatic carboxylic acids is 1. The third-order valence-electron chi connectivity index (χ3n) is 2.38. The molecule has 0 radical (unpaired) electrons. The number of aromatic nitrogens is 1. The first-order valence-corrected chi connectivity index (χ1v) is 4.55. The van der Waals surface area contributed by atoms with Crippen molar-refractivity contribution in [3.63, 3.8) is 0 Å². The van der Waals surface area contributed by atoms with Crippen LogP contribution in [0.25, 0.3) is 10.9 Å². The van der Waals surface area contributed by atoms with Crippen LogP contribution in [0.4, 0.5) is 0 Å².